The molecular formula is C16H12ClF4NO2. The molecule has 0 heterocycles. The molecule has 0 fully saturated rings. The van der Waals surface area contributed by atoms with E-state index in [1.54, 1.807) is 0 Å². The highest BCUT2D eigenvalue weighted by molar-refractivity contribution is 6.30. The Morgan fingerprint density at radius 2 is 1.79 bits per heavy atom. The van der Waals surface area contributed by atoms with Gasteiger partial charge in [-0.1, -0.05) is 11.6 Å². The molecule has 0 saturated heterocycles. The molecule has 0 aliphatic heterocycles. The molecule has 0 saturated carbocycles. The topological polar surface area (TPSA) is 38.3 Å². The molecule has 0 aromatic heterocycles. The number of amides is 1. The van der Waals surface area contributed by atoms with E-state index in [4.69, 9.17) is 16.3 Å². The van der Waals surface area contributed by atoms with Crippen LogP contribution in [0.4, 0.5) is 23.2 Å². The third kappa shape index (κ3) is 4.61. The largest absolute Gasteiger partial charge is 0.481 e. The number of halogens is 5. The van der Waals surface area contributed by atoms with Gasteiger partial charge in [0.1, 0.15) is 11.6 Å². The predicted octanol–water partition coefficient (Wildman–Crippen LogP) is 4.90. The first-order valence-corrected chi connectivity index (χ1v) is 7.14. The lowest BCUT2D eigenvalue weighted by molar-refractivity contribution is -0.137. The second kappa shape index (κ2) is 7.09. The maximum Gasteiger partial charge on any atom is 0.418 e. The van der Waals surface area contributed by atoms with E-state index >= 15 is 0 Å². The van der Waals surface area contributed by atoms with Crippen LogP contribution in [0, 0.1) is 5.82 Å². The molecule has 0 bridgehead atoms. The number of hydrogen-bond donors (Lipinski definition) is 1. The van der Waals surface area contributed by atoms with Gasteiger partial charge in [0.25, 0.3) is 5.91 Å². The lowest BCUT2D eigenvalue weighted by Gasteiger charge is -2.17. The van der Waals surface area contributed by atoms with Crippen molar-refractivity contribution in [3.8, 4) is 5.75 Å². The van der Waals surface area contributed by atoms with Crippen molar-refractivity contribution in [2.75, 3.05) is 5.32 Å². The minimum absolute atomic E-state index is 0.101. The average molecular weight is 362 g/mol. The first-order valence-electron chi connectivity index (χ1n) is 6.76. The summed E-state index contributed by atoms with van der Waals surface area (Å²) in [4.78, 5) is 12.0. The summed E-state index contributed by atoms with van der Waals surface area (Å²) in [6, 6.07) is 7.92. The van der Waals surface area contributed by atoms with E-state index in [-0.39, 0.29) is 10.8 Å². The van der Waals surface area contributed by atoms with Gasteiger partial charge in [0.2, 0.25) is 0 Å². The SMILES string of the molecule is C[C@@H](Oc1ccc(F)cc1)C(=O)Nc1ccc(Cl)cc1C(F)(F)F. The molecule has 0 unspecified atom stereocenters. The van der Waals surface area contributed by atoms with Crippen molar-refractivity contribution in [3.05, 3.63) is 58.9 Å². The highest BCUT2D eigenvalue weighted by Gasteiger charge is 2.34. The summed E-state index contributed by atoms with van der Waals surface area (Å²) in [5, 5.41) is 2.06. The van der Waals surface area contributed by atoms with Gasteiger partial charge in [-0.15, -0.1) is 0 Å². The molecule has 2 aromatic rings. The Morgan fingerprint density at radius 1 is 1.17 bits per heavy atom. The third-order valence-electron chi connectivity index (χ3n) is 3.04. The van der Waals surface area contributed by atoms with Crippen molar-refractivity contribution in [1.29, 1.82) is 0 Å². The van der Waals surface area contributed by atoms with Gasteiger partial charge in [0, 0.05) is 5.02 Å². The van der Waals surface area contributed by atoms with Crippen LogP contribution in [-0.2, 0) is 11.0 Å². The number of rotatable bonds is 4. The van der Waals surface area contributed by atoms with Crippen LogP contribution in [0.5, 0.6) is 5.75 Å². The molecule has 2 rings (SSSR count). The fourth-order valence-electron chi connectivity index (χ4n) is 1.87. The number of carbonyl (C=O) groups excluding carboxylic acids is 1. The Hall–Kier alpha value is -2.28. The lowest BCUT2D eigenvalue weighted by atomic mass is 10.1. The summed E-state index contributed by atoms with van der Waals surface area (Å²) < 4.78 is 57.0. The number of ether oxygens (including phenoxy) is 1. The second-order valence-electron chi connectivity index (χ2n) is 4.89. The molecule has 2 aromatic carbocycles. The van der Waals surface area contributed by atoms with Gasteiger partial charge in [0.15, 0.2) is 6.10 Å². The molecule has 3 nitrogen and oxygen atoms in total. The van der Waals surface area contributed by atoms with E-state index in [2.05, 4.69) is 5.32 Å². The van der Waals surface area contributed by atoms with E-state index in [0.717, 1.165) is 24.3 Å². The smallest absolute Gasteiger partial charge is 0.418 e. The molecule has 128 valence electrons. The van der Waals surface area contributed by atoms with E-state index in [9.17, 15) is 22.4 Å². The van der Waals surface area contributed by atoms with Gasteiger partial charge in [-0.05, 0) is 49.4 Å². The van der Waals surface area contributed by atoms with Gasteiger partial charge in [-0.25, -0.2) is 4.39 Å². The molecule has 0 aliphatic rings. The average Bonchev–Trinajstić information content (AvgIpc) is 2.50. The normalized spacial score (nSPS) is 12.6. The van der Waals surface area contributed by atoms with E-state index < -0.39 is 35.3 Å². The van der Waals surface area contributed by atoms with Crippen LogP contribution < -0.4 is 10.1 Å². The molecule has 1 atom stereocenters. The van der Waals surface area contributed by atoms with Gasteiger partial charge < -0.3 is 10.1 Å². The summed E-state index contributed by atoms with van der Waals surface area (Å²) in [5.41, 5.74) is -1.48. The van der Waals surface area contributed by atoms with Crippen molar-refractivity contribution >= 4 is 23.2 Å². The van der Waals surface area contributed by atoms with E-state index in [0.29, 0.717) is 0 Å². The number of hydrogen-bond acceptors (Lipinski definition) is 2. The van der Waals surface area contributed by atoms with Crippen LogP contribution in [0.25, 0.3) is 0 Å². The Labute approximate surface area is 140 Å². The molecule has 0 spiro atoms. The summed E-state index contributed by atoms with van der Waals surface area (Å²) in [7, 11) is 0. The van der Waals surface area contributed by atoms with Crippen molar-refractivity contribution in [2.45, 2.75) is 19.2 Å². The van der Waals surface area contributed by atoms with Crippen molar-refractivity contribution < 1.29 is 27.1 Å². The monoisotopic (exact) mass is 361 g/mol. The van der Waals surface area contributed by atoms with Crippen LogP contribution in [0.2, 0.25) is 5.02 Å². The van der Waals surface area contributed by atoms with Gasteiger partial charge in [0.05, 0.1) is 11.3 Å². The molecule has 1 amide bonds. The summed E-state index contributed by atoms with van der Waals surface area (Å²) in [6.45, 7) is 1.36. The number of anilines is 1. The summed E-state index contributed by atoms with van der Waals surface area (Å²) >= 11 is 5.57. The van der Waals surface area contributed by atoms with Gasteiger partial charge >= 0.3 is 6.18 Å². The third-order valence-corrected chi connectivity index (χ3v) is 3.28. The van der Waals surface area contributed by atoms with E-state index in [1.165, 1.54) is 25.1 Å². The molecule has 8 heteroatoms. The zero-order valence-electron chi connectivity index (χ0n) is 12.3. The van der Waals surface area contributed by atoms with Gasteiger partial charge in [-0.3, -0.25) is 4.79 Å². The maximum absolute atomic E-state index is 13.0. The van der Waals surface area contributed by atoms with E-state index in [1.807, 2.05) is 0 Å². The van der Waals surface area contributed by atoms with Crippen LogP contribution in [0.1, 0.15) is 12.5 Å². The molecular weight excluding hydrogens is 350 g/mol. The molecule has 0 radical (unpaired) electrons. The number of carbonyl (C=O) groups is 1. The zero-order chi connectivity index (χ0) is 17.9. The van der Waals surface area contributed by atoms with Gasteiger partial charge in [-0.2, -0.15) is 13.2 Å². The van der Waals surface area contributed by atoms with Crippen molar-refractivity contribution in [1.82, 2.24) is 0 Å². The quantitative estimate of drug-likeness (QED) is 0.786. The molecule has 0 aliphatic carbocycles. The fourth-order valence-corrected chi connectivity index (χ4v) is 2.04. The van der Waals surface area contributed by atoms with Crippen molar-refractivity contribution in [2.24, 2.45) is 0 Å². The minimum Gasteiger partial charge on any atom is -0.481 e. The Morgan fingerprint density at radius 3 is 2.38 bits per heavy atom. The second-order valence-corrected chi connectivity index (χ2v) is 5.33. The Balaban J connectivity index is 2.13. The standard InChI is InChI=1S/C16H12ClF4NO2/c1-9(24-12-5-3-11(18)4-6-12)15(23)22-14-7-2-10(17)8-13(14)16(19,20)21/h2-9H,1H3,(H,22,23)/t9-/m1/s1. The Kier molecular flexibility index (Phi) is 5.33. The number of alkyl halides is 3. The minimum atomic E-state index is -4.67. The molecule has 1 N–H and O–H groups in total. The highest BCUT2D eigenvalue weighted by atomic mass is 35.5. The summed E-state index contributed by atoms with van der Waals surface area (Å²) in [5.74, 6) is -1.05. The summed E-state index contributed by atoms with van der Waals surface area (Å²) in [6.07, 6.45) is -5.76. The first-order chi connectivity index (χ1) is 11.2. The van der Waals surface area contributed by atoms with Crippen LogP contribution in [0.3, 0.4) is 0 Å². The van der Waals surface area contributed by atoms with Crippen molar-refractivity contribution in [3.63, 3.8) is 0 Å². The highest BCUT2D eigenvalue weighted by Crippen LogP contribution is 2.36. The predicted molar refractivity (Wildman–Crippen MR) is 81.6 cm³/mol. The first kappa shape index (κ1) is 18.1. The zero-order valence-corrected chi connectivity index (χ0v) is 13.1. The van der Waals surface area contributed by atoms with Crippen LogP contribution in [0.15, 0.2) is 42.5 Å². The number of benzene rings is 2. The fraction of sp³-hybridized carbons (Fsp3) is 0.188. The Bertz CT molecular complexity index is 732. The lowest BCUT2D eigenvalue weighted by Crippen LogP contribution is -2.31. The molecule has 24 heavy (non-hydrogen) atoms. The van der Waals surface area contributed by atoms with Crippen LogP contribution >= 0.6 is 11.6 Å². The number of nitrogens with one attached hydrogen (secondary N) is 1. The van der Waals surface area contributed by atoms with Crippen LogP contribution in [-0.4, -0.2) is 12.0 Å². The maximum atomic E-state index is 13.0.